The summed E-state index contributed by atoms with van der Waals surface area (Å²) in [6.45, 7) is -1.34. The molecule has 1 aromatic rings. The molecule has 0 fully saturated rings. The Morgan fingerprint density at radius 2 is 2.29 bits per heavy atom. The summed E-state index contributed by atoms with van der Waals surface area (Å²) in [7, 11) is 0. The van der Waals surface area contributed by atoms with Crippen molar-refractivity contribution in [2.24, 2.45) is 0 Å². The van der Waals surface area contributed by atoms with Crippen LogP contribution in [0.15, 0.2) is 18.3 Å². The summed E-state index contributed by atoms with van der Waals surface area (Å²) in [5.41, 5.74) is 0.0769. The number of nitrogens with one attached hydrogen (secondary N) is 1. The van der Waals surface area contributed by atoms with E-state index < -0.39 is 18.6 Å². The van der Waals surface area contributed by atoms with Gasteiger partial charge in [-0.25, -0.2) is 0 Å². The molecule has 0 saturated heterocycles. The van der Waals surface area contributed by atoms with E-state index in [1.54, 1.807) is 5.32 Å². The number of nitrogens with zero attached hydrogens (tertiary/aromatic N) is 1. The van der Waals surface area contributed by atoms with Crippen LogP contribution in [-0.2, 0) is 0 Å². The van der Waals surface area contributed by atoms with Gasteiger partial charge in [0.1, 0.15) is 6.54 Å². The number of hydrogen-bond donors (Lipinski definition) is 1. The Labute approximate surface area is 78.0 Å². The van der Waals surface area contributed by atoms with Crippen molar-refractivity contribution in [3.8, 4) is 0 Å². The van der Waals surface area contributed by atoms with E-state index in [1.165, 1.54) is 12.1 Å². The maximum atomic E-state index is 11.7. The quantitative estimate of drug-likeness (QED) is 0.784. The van der Waals surface area contributed by atoms with Crippen LogP contribution in [0.5, 0.6) is 0 Å². The van der Waals surface area contributed by atoms with E-state index in [-0.39, 0.29) is 5.56 Å². The van der Waals surface area contributed by atoms with Crippen LogP contribution in [0.25, 0.3) is 0 Å². The van der Waals surface area contributed by atoms with Crippen molar-refractivity contribution >= 4 is 5.91 Å². The molecule has 1 radical (unpaired) electrons. The molecule has 14 heavy (non-hydrogen) atoms. The van der Waals surface area contributed by atoms with Gasteiger partial charge in [-0.05, 0) is 12.1 Å². The molecule has 0 unspecified atom stereocenters. The SMILES string of the molecule is O=C(NCC(F)(F)F)c1cc[c]nc1. The second kappa shape index (κ2) is 4.08. The number of pyridine rings is 1. The largest absolute Gasteiger partial charge is 0.405 e. The van der Waals surface area contributed by atoms with Gasteiger partial charge in [-0.3, -0.25) is 9.78 Å². The summed E-state index contributed by atoms with van der Waals surface area (Å²) in [5.74, 6) is -0.802. The van der Waals surface area contributed by atoms with Gasteiger partial charge in [0.05, 0.1) is 11.8 Å². The zero-order valence-electron chi connectivity index (χ0n) is 6.93. The van der Waals surface area contributed by atoms with Gasteiger partial charge in [0.15, 0.2) is 0 Å². The van der Waals surface area contributed by atoms with Crippen LogP contribution in [0.1, 0.15) is 10.4 Å². The number of amides is 1. The van der Waals surface area contributed by atoms with Crippen LogP contribution in [0.4, 0.5) is 13.2 Å². The first-order valence-electron chi connectivity index (χ1n) is 3.66. The summed E-state index contributed by atoms with van der Waals surface area (Å²) >= 11 is 0. The first kappa shape index (κ1) is 10.5. The molecule has 1 aromatic heterocycles. The fourth-order valence-electron chi connectivity index (χ4n) is 0.737. The molecule has 1 amide bonds. The number of aromatic nitrogens is 1. The van der Waals surface area contributed by atoms with Crippen molar-refractivity contribution in [2.75, 3.05) is 6.54 Å². The fourth-order valence-corrected chi connectivity index (χ4v) is 0.737. The Kier molecular flexibility index (Phi) is 3.06. The Morgan fingerprint density at radius 3 is 2.79 bits per heavy atom. The summed E-state index contributed by atoms with van der Waals surface area (Å²) in [5, 5.41) is 1.72. The van der Waals surface area contributed by atoms with Crippen molar-refractivity contribution in [1.82, 2.24) is 10.3 Å². The molecule has 0 aliphatic rings. The van der Waals surface area contributed by atoms with Gasteiger partial charge in [0, 0.05) is 6.20 Å². The lowest BCUT2D eigenvalue weighted by Crippen LogP contribution is -2.33. The Balaban J connectivity index is 2.52. The molecule has 0 bridgehead atoms. The molecule has 1 N–H and O–H groups in total. The van der Waals surface area contributed by atoms with E-state index in [0.717, 1.165) is 6.20 Å². The number of rotatable bonds is 2. The summed E-state index contributed by atoms with van der Waals surface area (Å²) in [6, 6.07) is 2.68. The zero-order valence-corrected chi connectivity index (χ0v) is 6.93. The van der Waals surface area contributed by atoms with Crippen molar-refractivity contribution in [2.45, 2.75) is 6.18 Å². The minimum absolute atomic E-state index is 0.0769. The molecule has 0 saturated carbocycles. The van der Waals surface area contributed by atoms with Crippen molar-refractivity contribution in [1.29, 1.82) is 0 Å². The third-order valence-electron chi connectivity index (χ3n) is 1.33. The molecule has 0 aliphatic carbocycles. The van der Waals surface area contributed by atoms with Crippen LogP contribution in [-0.4, -0.2) is 23.6 Å². The monoisotopic (exact) mass is 203 g/mol. The molecule has 75 valence electrons. The smallest absolute Gasteiger partial charge is 0.343 e. The highest BCUT2D eigenvalue weighted by Gasteiger charge is 2.27. The van der Waals surface area contributed by atoms with Gasteiger partial charge < -0.3 is 5.32 Å². The Bertz CT molecular complexity index is 310. The zero-order chi connectivity index (χ0) is 10.6. The van der Waals surface area contributed by atoms with Crippen LogP contribution >= 0.6 is 0 Å². The minimum atomic E-state index is -4.40. The molecular weight excluding hydrogens is 197 g/mol. The molecular formula is C8H6F3N2O. The maximum absolute atomic E-state index is 11.7. The lowest BCUT2D eigenvalue weighted by Gasteiger charge is -2.07. The molecule has 3 nitrogen and oxygen atoms in total. The van der Waals surface area contributed by atoms with Crippen LogP contribution in [0.3, 0.4) is 0 Å². The third-order valence-corrected chi connectivity index (χ3v) is 1.33. The maximum Gasteiger partial charge on any atom is 0.405 e. The molecule has 0 aliphatic heterocycles. The second-order valence-corrected chi connectivity index (χ2v) is 2.47. The van der Waals surface area contributed by atoms with Gasteiger partial charge >= 0.3 is 6.18 Å². The predicted octanol–water partition coefficient (Wildman–Crippen LogP) is 1.17. The normalized spacial score (nSPS) is 11.1. The first-order chi connectivity index (χ1) is 6.49. The highest BCUT2D eigenvalue weighted by atomic mass is 19.4. The van der Waals surface area contributed by atoms with E-state index in [0.29, 0.717) is 0 Å². The number of carbonyl (C=O) groups excluding carboxylic acids is 1. The van der Waals surface area contributed by atoms with Gasteiger partial charge in [0.25, 0.3) is 5.91 Å². The Hall–Kier alpha value is -1.59. The molecule has 6 heteroatoms. The number of halogens is 3. The average molecular weight is 203 g/mol. The minimum Gasteiger partial charge on any atom is -0.343 e. The lowest BCUT2D eigenvalue weighted by atomic mass is 10.3. The van der Waals surface area contributed by atoms with Crippen molar-refractivity contribution in [3.63, 3.8) is 0 Å². The van der Waals surface area contributed by atoms with Crippen molar-refractivity contribution < 1.29 is 18.0 Å². The lowest BCUT2D eigenvalue weighted by molar-refractivity contribution is -0.123. The van der Waals surface area contributed by atoms with Crippen LogP contribution < -0.4 is 5.32 Å². The van der Waals surface area contributed by atoms with E-state index >= 15 is 0 Å². The Morgan fingerprint density at radius 1 is 1.57 bits per heavy atom. The highest BCUT2D eigenvalue weighted by molar-refractivity contribution is 5.93. The molecule has 0 spiro atoms. The first-order valence-corrected chi connectivity index (χ1v) is 3.66. The van der Waals surface area contributed by atoms with Crippen LogP contribution in [0, 0.1) is 6.20 Å². The van der Waals surface area contributed by atoms with E-state index in [4.69, 9.17) is 0 Å². The standard InChI is InChI=1S/C8H6F3N2O/c9-8(10,11)5-13-7(14)6-2-1-3-12-4-6/h1-2,4H,5H2,(H,13,14). The molecule has 1 heterocycles. The highest BCUT2D eigenvalue weighted by Crippen LogP contribution is 2.12. The number of carbonyl (C=O) groups is 1. The fraction of sp³-hybridized carbons (Fsp3) is 0.250. The van der Waals surface area contributed by atoms with Gasteiger partial charge in [-0.1, -0.05) is 0 Å². The summed E-state index contributed by atoms with van der Waals surface area (Å²) < 4.78 is 35.1. The van der Waals surface area contributed by atoms with E-state index in [9.17, 15) is 18.0 Å². The van der Waals surface area contributed by atoms with E-state index in [2.05, 4.69) is 11.2 Å². The van der Waals surface area contributed by atoms with Crippen molar-refractivity contribution in [3.05, 3.63) is 30.1 Å². The van der Waals surface area contributed by atoms with Crippen LogP contribution in [0.2, 0.25) is 0 Å². The second-order valence-electron chi connectivity index (χ2n) is 2.47. The van der Waals surface area contributed by atoms with Gasteiger partial charge in [-0.15, -0.1) is 0 Å². The average Bonchev–Trinajstić information content (AvgIpc) is 2.14. The summed E-state index contributed by atoms with van der Waals surface area (Å²) in [6.07, 6.45) is -0.847. The molecule has 0 atom stereocenters. The van der Waals surface area contributed by atoms with Gasteiger partial charge in [-0.2, -0.15) is 13.2 Å². The topological polar surface area (TPSA) is 42.0 Å². The van der Waals surface area contributed by atoms with Gasteiger partial charge in [0.2, 0.25) is 0 Å². The van der Waals surface area contributed by atoms with E-state index in [1.807, 2.05) is 0 Å². The predicted molar refractivity (Wildman–Crippen MR) is 41.5 cm³/mol. The molecule has 1 rings (SSSR count). The number of hydrogen-bond acceptors (Lipinski definition) is 2. The molecule has 0 aromatic carbocycles. The third kappa shape index (κ3) is 3.42. The summed E-state index contributed by atoms with van der Waals surface area (Å²) in [4.78, 5) is 14.5. The number of alkyl halides is 3.